The van der Waals surface area contributed by atoms with E-state index in [0.29, 0.717) is 16.9 Å². The van der Waals surface area contributed by atoms with Gasteiger partial charge >= 0.3 is 0 Å². The number of aliphatic hydroxyl groups is 2. The van der Waals surface area contributed by atoms with Gasteiger partial charge in [0.25, 0.3) is 0 Å². The third-order valence-corrected chi connectivity index (χ3v) is 4.71. The van der Waals surface area contributed by atoms with E-state index >= 15 is 0 Å². The number of aromatic nitrogens is 4. The summed E-state index contributed by atoms with van der Waals surface area (Å²) in [4.78, 5) is 12.2. The number of hydrogen-bond acceptors (Lipinski definition) is 8. The van der Waals surface area contributed by atoms with Crippen LogP contribution in [0.2, 0.25) is 0 Å². The molecule has 0 aromatic carbocycles. The van der Waals surface area contributed by atoms with Crippen molar-refractivity contribution in [1.82, 2.24) is 19.5 Å². The van der Waals surface area contributed by atoms with Gasteiger partial charge in [-0.15, -0.1) is 0 Å². The fourth-order valence-electron chi connectivity index (χ4n) is 2.45. The fraction of sp³-hybridized carbons (Fsp3) is 0.583. The minimum Gasteiger partial charge on any atom is -0.387 e. The number of rotatable bonds is 5. The molecule has 120 valence electrons. The first-order valence-electron chi connectivity index (χ1n) is 6.95. The summed E-state index contributed by atoms with van der Waals surface area (Å²) in [6.45, 7) is 0.807. The number of ether oxygens (including phenoxy) is 1. The molecular formula is C12H19N6O3S+. The molecule has 9 nitrogen and oxygen atoms in total. The smallest absolute Gasteiger partial charge is 0.167 e. The van der Waals surface area contributed by atoms with Crippen LogP contribution in [-0.4, -0.2) is 66.1 Å². The maximum absolute atomic E-state index is 10.3. The van der Waals surface area contributed by atoms with E-state index in [4.69, 9.17) is 10.5 Å². The minimum atomic E-state index is -1.06. The molecule has 0 amide bonds. The van der Waals surface area contributed by atoms with Crippen LogP contribution in [0.4, 0.5) is 5.82 Å². The van der Waals surface area contributed by atoms with Crippen LogP contribution in [0.3, 0.4) is 0 Å². The molecule has 0 spiro atoms. The van der Waals surface area contributed by atoms with Gasteiger partial charge in [-0.3, -0.25) is 4.57 Å². The van der Waals surface area contributed by atoms with Gasteiger partial charge in [-0.2, -0.15) is 11.8 Å². The molecule has 4 atom stereocenters. The lowest BCUT2D eigenvalue weighted by molar-refractivity contribution is -0.360. The first-order chi connectivity index (χ1) is 10.6. The Morgan fingerprint density at radius 2 is 2.14 bits per heavy atom. The molecule has 0 aliphatic carbocycles. The average molecular weight is 327 g/mol. The van der Waals surface area contributed by atoms with E-state index in [1.54, 1.807) is 16.3 Å². The van der Waals surface area contributed by atoms with E-state index < -0.39 is 24.5 Å². The number of nitrogen functional groups attached to an aromatic ring is 1. The maximum atomic E-state index is 10.3. The summed E-state index contributed by atoms with van der Waals surface area (Å²) in [7, 11) is 0. The predicted octanol–water partition coefficient (Wildman–Crippen LogP) is -2.00. The number of fused-ring (bicyclic) bond motifs is 1. The summed E-state index contributed by atoms with van der Waals surface area (Å²) in [5, 5.41) is 20.4. The van der Waals surface area contributed by atoms with E-state index in [-0.39, 0.29) is 5.82 Å². The van der Waals surface area contributed by atoms with Crippen molar-refractivity contribution in [2.45, 2.75) is 24.5 Å². The fourth-order valence-corrected chi connectivity index (χ4v) is 3.33. The number of imidazole rings is 1. The number of hydrogen-bond donors (Lipinski definition) is 4. The molecule has 0 unspecified atom stereocenters. The lowest BCUT2D eigenvalue weighted by Gasteiger charge is -2.16. The Bertz CT molecular complexity index is 653. The van der Waals surface area contributed by atoms with Gasteiger partial charge in [0.05, 0.1) is 19.0 Å². The average Bonchev–Trinajstić information content (AvgIpc) is 3.05. The largest absolute Gasteiger partial charge is 0.387 e. The highest BCUT2D eigenvalue weighted by molar-refractivity contribution is 7.99. The van der Waals surface area contributed by atoms with Crippen molar-refractivity contribution in [3.63, 3.8) is 0 Å². The van der Waals surface area contributed by atoms with E-state index in [0.717, 1.165) is 12.3 Å². The monoisotopic (exact) mass is 327 g/mol. The third-order valence-electron chi connectivity index (χ3n) is 3.57. The van der Waals surface area contributed by atoms with Crippen LogP contribution in [0.1, 0.15) is 6.23 Å². The van der Waals surface area contributed by atoms with Crippen molar-refractivity contribution in [2.75, 3.05) is 23.8 Å². The van der Waals surface area contributed by atoms with Crippen molar-refractivity contribution in [1.29, 1.82) is 0 Å². The van der Waals surface area contributed by atoms with E-state index in [1.807, 2.05) is 0 Å². The zero-order chi connectivity index (χ0) is 15.7. The lowest BCUT2D eigenvalue weighted by atomic mass is 10.1. The van der Waals surface area contributed by atoms with Gasteiger partial charge in [-0.25, -0.2) is 15.0 Å². The number of nitrogens with two attached hydrogens (primary N) is 1. The van der Waals surface area contributed by atoms with Crippen LogP contribution < -0.4 is 11.5 Å². The van der Waals surface area contributed by atoms with E-state index in [2.05, 4.69) is 20.7 Å². The molecule has 0 radical (unpaired) electrons. The highest BCUT2D eigenvalue weighted by atomic mass is 32.2. The molecule has 7 N–H and O–H groups in total. The number of thioether (sulfide) groups is 1. The molecule has 1 aliphatic heterocycles. The molecule has 1 fully saturated rings. The Hall–Kier alpha value is -1.46. The number of nitrogens with zero attached hydrogens (tertiary/aromatic N) is 4. The minimum absolute atomic E-state index is 0.263. The Labute approximate surface area is 130 Å². The van der Waals surface area contributed by atoms with Crippen molar-refractivity contribution < 1.29 is 20.7 Å². The van der Waals surface area contributed by atoms with Gasteiger partial charge in [0.1, 0.15) is 24.1 Å². The molecule has 3 heterocycles. The van der Waals surface area contributed by atoms with Crippen LogP contribution in [0, 0.1) is 0 Å². The highest BCUT2D eigenvalue weighted by Gasteiger charge is 2.44. The summed E-state index contributed by atoms with van der Waals surface area (Å²) < 4.78 is 7.38. The zero-order valence-corrected chi connectivity index (χ0v) is 12.7. The van der Waals surface area contributed by atoms with Gasteiger partial charge < -0.3 is 26.4 Å². The number of quaternary nitrogens is 1. The van der Waals surface area contributed by atoms with E-state index in [9.17, 15) is 10.2 Å². The summed E-state index contributed by atoms with van der Waals surface area (Å²) in [6, 6.07) is 0. The molecule has 2 aromatic heterocycles. The Kier molecular flexibility index (Phi) is 4.45. The van der Waals surface area contributed by atoms with Gasteiger partial charge in [0.15, 0.2) is 17.7 Å². The van der Waals surface area contributed by atoms with Gasteiger partial charge in [0, 0.05) is 11.5 Å². The van der Waals surface area contributed by atoms with Gasteiger partial charge in [-0.05, 0) is 0 Å². The van der Waals surface area contributed by atoms with Crippen LogP contribution in [0.15, 0.2) is 12.7 Å². The molecule has 1 saturated heterocycles. The SMILES string of the molecule is Nc1ncnc2c1ncn2[C@@H]1O[C@H](CSCC[NH3+])[C@@H](O)[C@H]1O. The van der Waals surface area contributed by atoms with Crippen LogP contribution in [0.25, 0.3) is 11.2 Å². The first-order valence-corrected chi connectivity index (χ1v) is 8.10. The second kappa shape index (κ2) is 6.34. The van der Waals surface area contributed by atoms with Crippen LogP contribution in [-0.2, 0) is 4.74 Å². The maximum Gasteiger partial charge on any atom is 0.167 e. The quantitative estimate of drug-likeness (QED) is 0.461. The number of aliphatic hydroxyl groups excluding tert-OH is 2. The van der Waals surface area contributed by atoms with Gasteiger partial charge in [-0.1, -0.05) is 0 Å². The topological polar surface area (TPSA) is 147 Å². The molecule has 10 heteroatoms. The van der Waals surface area contributed by atoms with Crippen molar-refractivity contribution in [3.8, 4) is 0 Å². The van der Waals surface area contributed by atoms with Crippen molar-refractivity contribution in [2.24, 2.45) is 0 Å². The molecule has 2 aromatic rings. The lowest BCUT2D eigenvalue weighted by Crippen LogP contribution is -2.51. The standard InChI is InChI=1S/C12H18N6O3S/c13-1-2-22-3-6-8(19)9(20)12(21-6)18-5-17-7-10(14)15-4-16-11(7)18/h4-6,8-9,12,19-20H,1-3,13H2,(H2,14,15,16)/p+1/t6-,8-,9-,12-/m1/s1. The summed E-state index contributed by atoms with van der Waals surface area (Å²) in [6.07, 6.45) is -0.400. The molecule has 0 saturated carbocycles. The normalized spacial score (nSPS) is 28.5. The Morgan fingerprint density at radius 1 is 1.32 bits per heavy atom. The highest BCUT2D eigenvalue weighted by Crippen LogP contribution is 2.33. The second-order valence-corrected chi connectivity index (χ2v) is 6.21. The van der Waals surface area contributed by atoms with E-state index in [1.165, 1.54) is 12.7 Å². The summed E-state index contributed by atoms with van der Waals surface area (Å²) in [5.41, 5.74) is 10.4. The van der Waals surface area contributed by atoms with Crippen molar-refractivity contribution >= 4 is 28.7 Å². The van der Waals surface area contributed by atoms with Gasteiger partial charge in [0.2, 0.25) is 0 Å². The van der Waals surface area contributed by atoms with Crippen LogP contribution >= 0.6 is 11.8 Å². The number of anilines is 1. The molecule has 22 heavy (non-hydrogen) atoms. The summed E-state index contributed by atoms with van der Waals surface area (Å²) in [5.74, 6) is 1.73. The molecular weight excluding hydrogens is 308 g/mol. The second-order valence-electron chi connectivity index (χ2n) is 5.06. The molecule has 0 bridgehead atoms. The van der Waals surface area contributed by atoms with Crippen LogP contribution in [0.5, 0.6) is 0 Å². The zero-order valence-electron chi connectivity index (χ0n) is 11.9. The molecule has 3 rings (SSSR count). The predicted molar refractivity (Wildman–Crippen MR) is 80.7 cm³/mol. The Morgan fingerprint density at radius 3 is 2.91 bits per heavy atom. The first kappa shape index (κ1) is 15.4. The van der Waals surface area contributed by atoms with Crippen molar-refractivity contribution in [3.05, 3.63) is 12.7 Å². The third kappa shape index (κ3) is 2.63. The molecule has 1 aliphatic rings. The Balaban J connectivity index is 1.83. The summed E-state index contributed by atoms with van der Waals surface area (Å²) >= 11 is 1.63.